The second-order valence-electron chi connectivity index (χ2n) is 3.52. The monoisotopic (exact) mass is 202 g/mol. The number of esters is 1. The number of rotatable bonds is 6. The Balaban J connectivity index is 4.59. The van der Waals surface area contributed by atoms with Crippen LogP contribution in [0.15, 0.2) is 0 Å². The molecule has 84 valence electrons. The Bertz CT molecular complexity index is 173. The molecule has 1 unspecified atom stereocenters. The number of hydrogen-bond acceptors (Lipinski definition) is 3. The van der Waals surface area contributed by atoms with E-state index in [4.69, 9.17) is 4.74 Å². The lowest BCUT2D eigenvalue weighted by Gasteiger charge is -2.32. The van der Waals surface area contributed by atoms with Crippen LogP contribution in [-0.4, -0.2) is 23.3 Å². The zero-order valence-electron chi connectivity index (χ0n) is 9.67. The number of ether oxygens (including phenoxy) is 1. The van der Waals surface area contributed by atoms with Gasteiger partial charge in [0.1, 0.15) is 0 Å². The van der Waals surface area contributed by atoms with Crippen molar-refractivity contribution in [1.82, 2.24) is 0 Å². The topological polar surface area (TPSA) is 46.5 Å². The molecule has 0 fully saturated rings. The van der Waals surface area contributed by atoms with E-state index < -0.39 is 11.5 Å². The van der Waals surface area contributed by atoms with Gasteiger partial charge >= 0.3 is 5.97 Å². The highest BCUT2D eigenvalue weighted by molar-refractivity contribution is 5.73. The van der Waals surface area contributed by atoms with E-state index in [0.29, 0.717) is 25.9 Å². The van der Waals surface area contributed by atoms with Crippen LogP contribution in [0.4, 0.5) is 0 Å². The van der Waals surface area contributed by atoms with E-state index in [1.165, 1.54) is 0 Å². The largest absolute Gasteiger partial charge is 0.466 e. The fraction of sp³-hybridized carbons (Fsp3) is 0.909. The van der Waals surface area contributed by atoms with Crippen LogP contribution in [0.3, 0.4) is 0 Å². The highest BCUT2D eigenvalue weighted by atomic mass is 16.5. The third-order valence-electron chi connectivity index (χ3n) is 2.85. The van der Waals surface area contributed by atoms with Gasteiger partial charge in [-0.15, -0.1) is 0 Å². The van der Waals surface area contributed by atoms with Crippen LogP contribution >= 0.6 is 0 Å². The summed E-state index contributed by atoms with van der Waals surface area (Å²) in [5.41, 5.74) is -0.902. The summed E-state index contributed by atoms with van der Waals surface area (Å²) in [5, 5.41) is 10.2. The first-order valence-corrected chi connectivity index (χ1v) is 5.44. The van der Waals surface area contributed by atoms with Crippen molar-refractivity contribution in [2.75, 3.05) is 6.61 Å². The van der Waals surface area contributed by atoms with Gasteiger partial charge in [-0.25, -0.2) is 0 Å². The molecule has 0 rings (SSSR count). The van der Waals surface area contributed by atoms with Gasteiger partial charge in [-0.05, 0) is 26.2 Å². The Morgan fingerprint density at radius 2 is 1.79 bits per heavy atom. The quantitative estimate of drug-likeness (QED) is 0.671. The molecular formula is C11H22O3. The highest BCUT2D eigenvalue weighted by Crippen LogP contribution is 2.28. The van der Waals surface area contributed by atoms with Gasteiger partial charge in [-0.1, -0.05) is 20.8 Å². The predicted octanol–water partition coefficient (Wildman–Crippen LogP) is 2.13. The van der Waals surface area contributed by atoms with E-state index >= 15 is 0 Å². The second-order valence-corrected chi connectivity index (χ2v) is 3.52. The van der Waals surface area contributed by atoms with Gasteiger partial charge in [0.2, 0.25) is 0 Å². The zero-order valence-corrected chi connectivity index (χ0v) is 9.67. The van der Waals surface area contributed by atoms with E-state index in [-0.39, 0.29) is 5.97 Å². The van der Waals surface area contributed by atoms with Gasteiger partial charge in [0, 0.05) is 0 Å². The number of carbonyl (C=O) groups excluding carboxylic acids is 1. The smallest absolute Gasteiger partial charge is 0.311 e. The van der Waals surface area contributed by atoms with E-state index in [2.05, 4.69) is 0 Å². The molecule has 0 saturated carbocycles. The van der Waals surface area contributed by atoms with Crippen LogP contribution in [0.25, 0.3) is 0 Å². The van der Waals surface area contributed by atoms with Gasteiger partial charge in [-0.3, -0.25) is 4.79 Å². The molecule has 0 aliphatic heterocycles. The van der Waals surface area contributed by atoms with Crippen LogP contribution in [-0.2, 0) is 9.53 Å². The maximum Gasteiger partial charge on any atom is 0.311 e. The van der Waals surface area contributed by atoms with Crippen LogP contribution in [0.1, 0.15) is 47.0 Å². The number of aliphatic hydroxyl groups is 1. The molecule has 1 atom stereocenters. The second kappa shape index (κ2) is 6.02. The molecular weight excluding hydrogens is 180 g/mol. The summed E-state index contributed by atoms with van der Waals surface area (Å²) in [6, 6.07) is 0. The van der Waals surface area contributed by atoms with Crippen molar-refractivity contribution in [3.05, 3.63) is 0 Å². The molecule has 0 bridgehead atoms. The predicted molar refractivity (Wildman–Crippen MR) is 55.9 cm³/mol. The minimum absolute atomic E-state index is 0.277. The number of hydrogen-bond donors (Lipinski definition) is 1. The SMILES string of the molecule is CCOC(=O)C(CC)C(O)(CC)CC. The molecule has 0 aliphatic rings. The van der Waals surface area contributed by atoms with Crippen molar-refractivity contribution in [2.24, 2.45) is 5.92 Å². The third kappa shape index (κ3) is 2.98. The molecule has 0 aliphatic carbocycles. The first kappa shape index (κ1) is 13.4. The molecule has 1 N–H and O–H groups in total. The fourth-order valence-corrected chi connectivity index (χ4v) is 1.75. The Morgan fingerprint density at radius 1 is 1.29 bits per heavy atom. The normalized spacial score (nSPS) is 13.8. The van der Waals surface area contributed by atoms with Crippen LogP contribution in [0.2, 0.25) is 0 Å². The standard InChI is InChI=1S/C11H22O3/c1-5-9(10(12)14-8-4)11(13,6-2)7-3/h9,13H,5-8H2,1-4H3. The van der Waals surface area contributed by atoms with Crippen molar-refractivity contribution >= 4 is 5.97 Å². The summed E-state index contributed by atoms with van der Waals surface area (Å²) in [4.78, 5) is 11.6. The molecule has 3 heteroatoms. The molecule has 0 aromatic carbocycles. The van der Waals surface area contributed by atoms with E-state index in [9.17, 15) is 9.90 Å². The minimum Gasteiger partial charge on any atom is -0.466 e. The van der Waals surface area contributed by atoms with Crippen LogP contribution in [0, 0.1) is 5.92 Å². The molecule has 0 amide bonds. The van der Waals surface area contributed by atoms with E-state index in [0.717, 1.165) is 0 Å². The average Bonchev–Trinajstić information content (AvgIpc) is 2.19. The Kier molecular flexibility index (Phi) is 5.77. The maximum absolute atomic E-state index is 11.6. The van der Waals surface area contributed by atoms with Crippen molar-refractivity contribution < 1.29 is 14.6 Å². The molecule has 0 aromatic heterocycles. The molecule has 0 spiro atoms. The van der Waals surface area contributed by atoms with Gasteiger partial charge < -0.3 is 9.84 Å². The summed E-state index contributed by atoms with van der Waals surface area (Å²) in [5.74, 6) is -0.668. The molecule has 0 saturated heterocycles. The first-order valence-electron chi connectivity index (χ1n) is 5.44. The van der Waals surface area contributed by atoms with Crippen molar-refractivity contribution in [1.29, 1.82) is 0 Å². The van der Waals surface area contributed by atoms with Gasteiger partial charge in [0.25, 0.3) is 0 Å². The lowest BCUT2D eigenvalue weighted by atomic mass is 9.81. The zero-order chi connectivity index (χ0) is 11.2. The van der Waals surface area contributed by atoms with Crippen molar-refractivity contribution in [3.63, 3.8) is 0 Å². The third-order valence-corrected chi connectivity index (χ3v) is 2.85. The molecule has 0 radical (unpaired) electrons. The van der Waals surface area contributed by atoms with Crippen LogP contribution in [0.5, 0.6) is 0 Å². The van der Waals surface area contributed by atoms with Gasteiger partial charge in [0.15, 0.2) is 0 Å². The number of carbonyl (C=O) groups is 1. The molecule has 0 heterocycles. The summed E-state index contributed by atoms with van der Waals surface area (Å²) in [7, 11) is 0. The Labute approximate surface area is 86.5 Å². The highest BCUT2D eigenvalue weighted by Gasteiger charge is 2.38. The summed E-state index contributed by atoms with van der Waals surface area (Å²) >= 11 is 0. The van der Waals surface area contributed by atoms with Crippen LogP contribution < -0.4 is 0 Å². The van der Waals surface area contributed by atoms with Crippen molar-refractivity contribution in [3.8, 4) is 0 Å². The van der Waals surface area contributed by atoms with Gasteiger partial charge in [-0.2, -0.15) is 0 Å². The Morgan fingerprint density at radius 3 is 2.07 bits per heavy atom. The maximum atomic E-state index is 11.6. The summed E-state index contributed by atoms with van der Waals surface area (Å²) < 4.78 is 4.95. The molecule has 14 heavy (non-hydrogen) atoms. The van der Waals surface area contributed by atoms with E-state index in [1.807, 2.05) is 20.8 Å². The molecule has 0 aromatic rings. The summed E-state index contributed by atoms with van der Waals surface area (Å²) in [6.07, 6.45) is 1.79. The fourth-order valence-electron chi connectivity index (χ4n) is 1.75. The Hall–Kier alpha value is -0.570. The minimum atomic E-state index is -0.902. The molecule has 3 nitrogen and oxygen atoms in total. The van der Waals surface area contributed by atoms with Gasteiger partial charge in [0.05, 0.1) is 18.1 Å². The lowest BCUT2D eigenvalue weighted by molar-refractivity contribution is -0.159. The van der Waals surface area contributed by atoms with E-state index in [1.54, 1.807) is 6.92 Å². The first-order chi connectivity index (χ1) is 6.55. The lowest BCUT2D eigenvalue weighted by Crippen LogP contribution is -2.41. The van der Waals surface area contributed by atoms with Crippen molar-refractivity contribution in [2.45, 2.75) is 52.6 Å². The summed E-state index contributed by atoms with van der Waals surface area (Å²) in [6.45, 7) is 7.84. The average molecular weight is 202 g/mol.